The maximum Gasteiger partial charge on any atom is 0.269 e. The quantitative estimate of drug-likeness (QED) is 0.0284. The molecule has 0 saturated heterocycles. The lowest BCUT2D eigenvalue weighted by Crippen LogP contribution is -2.27. The number of carbonyl (C=O) groups is 2. The smallest absolute Gasteiger partial charge is 0.269 e. The van der Waals surface area contributed by atoms with Crippen molar-refractivity contribution < 1.29 is 14.5 Å². The van der Waals surface area contributed by atoms with Gasteiger partial charge in [-0.15, -0.1) is 0 Å². The number of nitrogen functional groups attached to an aromatic ring is 1. The molecule has 16 heteroatoms. The van der Waals surface area contributed by atoms with E-state index in [1.54, 1.807) is 12.4 Å². The van der Waals surface area contributed by atoms with E-state index in [0.29, 0.717) is 53.9 Å². The van der Waals surface area contributed by atoms with Gasteiger partial charge in [0, 0.05) is 61.2 Å². The molecule has 3 heterocycles. The summed E-state index contributed by atoms with van der Waals surface area (Å²) < 4.78 is 1.97. The molecule has 7 N–H and O–H groups in total. The molecule has 0 spiro atoms. The number of unbranched alkanes of at least 4 members (excludes halogenated alkanes) is 1. The van der Waals surface area contributed by atoms with E-state index < -0.39 is 4.92 Å². The predicted molar refractivity (Wildman–Crippen MR) is 209 cm³/mol. The third kappa shape index (κ3) is 9.39. The van der Waals surface area contributed by atoms with Crippen LogP contribution in [0.15, 0.2) is 79.4 Å². The van der Waals surface area contributed by atoms with E-state index in [0.717, 1.165) is 79.7 Å². The van der Waals surface area contributed by atoms with Gasteiger partial charge in [-0.05, 0) is 69.6 Å². The van der Waals surface area contributed by atoms with Crippen LogP contribution in [0.5, 0.6) is 0 Å². The van der Waals surface area contributed by atoms with Gasteiger partial charge >= 0.3 is 0 Å². The molecule has 0 bridgehead atoms. The van der Waals surface area contributed by atoms with Crippen LogP contribution in [-0.2, 0) is 6.54 Å². The van der Waals surface area contributed by atoms with E-state index in [4.69, 9.17) is 10.7 Å². The summed E-state index contributed by atoms with van der Waals surface area (Å²) in [6, 6.07) is 19.1. The van der Waals surface area contributed by atoms with Gasteiger partial charge in [0.25, 0.3) is 17.5 Å². The number of aromatic nitrogens is 5. The second-order valence-corrected chi connectivity index (χ2v) is 12.7. The molecule has 0 fully saturated rings. The molecule has 0 aliphatic carbocycles. The first-order chi connectivity index (χ1) is 26.4. The number of pyridine rings is 1. The van der Waals surface area contributed by atoms with Crippen LogP contribution in [0, 0.1) is 10.1 Å². The maximum absolute atomic E-state index is 13.3. The Hall–Kier alpha value is -6.26. The standard InChI is InChI=1S/C38H44N12O4/c39-35-34-36(46-24-45-35)49(25-47-34)23-22-41-17-6-16-40-18-7-21-42-32-28-8-1-2-11-31(28)48-33-29(32)9-5-10-30(33)38(52)44-20-4-3-19-43-37(51)26-12-14-27(15-13-26)50(53)54/h1-2,5,8-15,24-25,40-41H,3-4,6-7,16-23H2,(H,42,48)(H,43,51)(H,44,52)(H2,39,45,46). The van der Waals surface area contributed by atoms with E-state index in [1.807, 2.05) is 41.0 Å². The highest BCUT2D eigenvalue weighted by Gasteiger charge is 2.16. The first kappa shape index (κ1) is 37.5. The number of rotatable bonds is 20. The SMILES string of the molecule is Nc1ncnc2c1ncn2CCNCCCNCCCNc1c2ccccc2nc2c(C(=O)NCCCCNC(=O)c3ccc([N+](=O)[O-])cc3)cccc12. The average molecular weight is 733 g/mol. The topological polar surface area (TPSA) is 220 Å². The Morgan fingerprint density at radius 3 is 2.20 bits per heavy atom. The Morgan fingerprint density at radius 1 is 0.722 bits per heavy atom. The van der Waals surface area contributed by atoms with Crippen molar-refractivity contribution in [2.75, 3.05) is 56.9 Å². The second kappa shape index (κ2) is 18.5. The number of amides is 2. The van der Waals surface area contributed by atoms with Crippen LogP contribution >= 0.6 is 0 Å². The number of nitro benzene ring substituents is 1. The fourth-order valence-electron chi connectivity index (χ4n) is 6.15. The minimum atomic E-state index is -0.506. The minimum Gasteiger partial charge on any atom is -0.384 e. The number of benzene rings is 3. The summed E-state index contributed by atoms with van der Waals surface area (Å²) in [4.78, 5) is 53.5. The molecule has 0 unspecified atom stereocenters. The van der Waals surface area contributed by atoms with E-state index in [2.05, 4.69) is 41.5 Å². The van der Waals surface area contributed by atoms with Crippen molar-refractivity contribution in [3.05, 3.63) is 101 Å². The minimum absolute atomic E-state index is 0.0682. The monoisotopic (exact) mass is 732 g/mol. The van der Waals surface area contributed by atoms with Crippen LogP contribution in [-0.4, -0.2) is 87.1 Å². The zero-order valence-corrected chi connectivity index (χ0v) is 29.9. The van der Waals surface area contributed by atoms with Gasteiger partial charge < -0.3 is 36.9 Å². The van der Waals surface area contributed by atoms with Gasteiger partial charge in [0.2, 0.25) is 0 Å². The molecule has 6 rings (SSSR count). The number of nitrogens with zero attached hydrogens (tertiary/aromatic N) is 6. The fraction of sp³-hybridized carbons (Fsp3) is 0.316. The van der Waals surface area contributed by atoms with Gasteiger partial charge in [0.1, 0.15) is 11.8 Å². The molecular weight excluding hydrogens is 688 g/mol. The summed E-state index contributed by atoms with van der Waals surface area (Å²) in [5, 5.41) is 29.1. The summed E-state index contributed by atoms with van der Waals surface area (Å²) >= 11 is 0. The zero-order chi connectivity index (χ0) is 37.7. The third-order valence-corrected chi connectivity index (χ3v) is 8.97. The highest BCUT2D eigenvalue weighted by Crippen LogP contribution is 2.32. The van der Waals surface area contributed by atoms with Gasteiger partial charge in [0.05, 0.1) is 33.5 Å². The fourth-order valence-corrected chi connectivity index (χ4v) is 6.15. The van der Waals surface area contributed by atoms with E-state index in [-0.39, 0.29) is 17.5 Å². The lowest BCUT2D eigenvalue weighted by Gasteiger charge is -2.15. The molecule has 6 aromatic rings. The molecule has 2 amide bonds. The van der Waals surface area contributed by atoms with Crippen LogP contribution in [0.25, 0.3) is 33.0 Å². The van der Waals surface area contributed by atoms with Gasteiger partial charge in [-0.1, -0.05) is 30.3 Å². The first-order valence-corrected chi connectivity index (χ1v) is 18.1. The van der Waals surface area contributed by atoms with E-state index in [1.165, 1.54) is 30.6 Å². The van der Waals surface area contributed by atoms with Crippen molar-refractivity contribution in [1.82, 2.24) is 45.8 Å². The predicted octanol–water partition coefficient (Wildman–Crippen LogP) is 4.03. The summed E-state index contributed by atoms with van der Waals surface area (Å²) in [6.07, 6.45) is 6.41. The number of hydrogen-bond donors (Lipinski definition) is 6. The number of para-hydroxylation sites is 2. The van der Waals surface area contributed by atoms with Gasteiger partial charge in [0.15, 0.2) is 11.5 Å². The molecule has 0 radical (unpaired) electrons. The molecular formula is C38H44N12O4. The molecule has 0 aliphatic heterocycles. The largest absolute Gasteiger partial charge is 0.384 e. The summed E-state index contributed by atoms with van der Waals surface area (Å²) in [5.74, 6) is -0.122. The molecule has 3 aromatic heterocycles. The maximum atomic E-state index is 13.3. The Kier molecular flexibility index (Phi) is 12.8. The van der Waals surface area contributed by atoms with Crippen LogP contribution in [0.3, 0.4) is 0 Å². The Labute approximate surface area is 311 Å². The van der Waals surface area contributed by atoms with Crippen LogP contribution in [0.4, 0.5) is 17.2 Å². The van der Waals surface area contributed by atoms with Gasteiger partial charge in [-0.25, -0.2) is 19.9 Å². The molecule has 280 valence electrons. The summed E-state index contributed by atoms with van der Waals surface area (Å²) in [6.45, 7) is 5.80. The van der Waals surface area contributed by atoms with E-state index in [9.17, 15) is 19.7 Å². The highest BCUT2D eigenvalue weighted by atomic mass is 16.6. The highest BCUT2D eigenvalue weighted by molar-refractivity contribution is 6.14. The number of carbonyl (C=O) groups excluding carboxylic acids is 2. The molecule has 54 heavy (non-hydrogen) atoms. The van der Waals surface area contributed by atoms with Crippen molar-refractivity contribution in [1.29, 1.82) is 0 Å². The molecule has 0 saturated carbocycles. The van der Waals surface area contributed by atoms with Crippen molar-refractivity contribution in [3.8, 4) is 0 Å². The summed E-state index contributed by atoms with van der Waals surface area (Å²) in [5.41, 5.74) is 10.4. The number of nitrogens with two attached hydrogens (primary N) is 1. The number of imidazole rings is 1. The van der Waals surface area contributed by atoms with E-state index >= 15 is 0 Å². The van der Waals surface area contributed by atoms with Crippen LogP contribution in [0.1, 0.15) is 46.4 Å². The third-order valence-electron chi connectivity index (χ3n) is 8.97. The number of fused-ring (bicyclic) bond motifs is 3. The number of hydrogen-bond acceptors (Lipinski definition) is 12. The number of non-ortho nitro benzene ring substituents is 1. The molecule has 0 aliphatic rings. The number of nitrogens with one attached hydrogen (secondary N) is 5. The van der Waals surface area contributed by atoms with Crippen molar-refractivity contribution >= 4 is 62.0 Å². The van der Waals surface area contributed by atoms with Gasteiger partial charge in [-0.2, -0.15) is 0 Å². The Balaban J connectivity index is 0.922. The Morgan fingerprint density at radius 2 is 1.43 bits per heavy atom. The normalized spacial score (nSPS) is 11.3. The van der Waals surface area contributed by atoms with Crippen molar-refractivity contribution in [2.24, 2.45) is 0 Å². The lowest BCUT2D eigenvalue weighted by atomic mass is 10.0. The zero-order valence-electron chi connectivity index (χ0n) is 29.9. The van der Waals surface area contributed by atoms with Crippen molar-refractivity contribution in [2.45, 2.75) is 32.2 Å². The Bertz CT molecular complexity index is 2220. The van der Waals surface area contributed by atoms with Crippen LogP contribution in [0.2, 0.25) is 0 Å². The first-order valence-electron chi connectivity index (χ1n) is 18.1. The lowest BCUT2D eigenvalue weighted by molar-refractivity contribution is -0.384. The second-order valence-electron chi connectivity index (χ2n) is 12.7. The number of anilines is 2. The summed E-state index contributed by atoms with van der Waals surface area (Å²) in [7, 11) is 0. The van der Waals surface area contributed by atoms with Crippen molar-refractivity contribution in [3.63, 3.8) is 0 Å². The van der Waals surface area contributed by atoms with Crippen LogP contribution < -0.4 is 32.3 Å². The average Bonchev–Trinajstić information content (AvgIpc) is 3.61. The number of nitro groups is 1. The molecule has 16 nitrogen and oxygen atoms in total. The molecule has 0 atom stereocenters. The molecule has 3 aromatic carbocycles. The van der Waals surface area contributed by atoms with Gasteiger partial charge in [-0.3, -0.25) is 19.7 Å².